The Balaban J connectivity index is 2.35. The van der Waals surface area contributed by atoms with E-state index in [-0.39, 0.29) is 0 Å². The Hall–Kier alpha value is -1.35. The number of hydrogen-bond acceptors (Lipinski definition) is 2. The van der Waals surface area contributed by atoms with Crippen LogP contribution in [0.3, 0.4) is 0 Å². The van der Waals surface area contributed by atoms with Gasteiger partial charge in [0.1, 0.15) is 0 Å². The number of nitrogens with zero attached hydrogens (tertiary/aromatic N) is 2. The number of para-hydroxylation sites is 2. The van der Waals surface area contributed by atoms with E-state index >= 15 is 0 Å². The Morgan fingerprint density at radius 1 is 1.38 bits per heavy atom. The first-order chi connectivity index (χ1) is 6.42. The van der Waals surface area contributed by atoms with E-state index in [1.165, 1.54) is 5.52 Å². The summed E-state index contributed by atoms with van der Waals surface area (Å²) in [4.78, 5) is 4.31. The highest BCUT2D eigenvalue weighted by Gasteiger charge is 1.98. The quantitative estimate of drug-likeness (QED) is 0.761. The minimum absolute atomic E-state index is 0.969. The van der Waals surface area contributed by atoms with E-state index in [2.05, 4.69) is 20.9 Å². The first-order valence-electron chi connectivity index (χ1n) is 4.46. The number of imidazole rings is 1. The van der Waals surface area contributed by atoms with Crippen LogP contribution in [0.4, 0.5) is 0 Å². The van der Waals surface area contributed by atoms with Crippen LogP contribution in [0.15, 0.2) is 30.6 Å². The first-order valence-corrected chi connectivity index (χ1v) is 4.46. The van der Waals surface area contributed by atoms with Gasteiger partial charge in [-0.2, -0.15) is 0 Å². The molecule has 68 valence electrons. The lowest BCUT2D eigenvalue weighted by Gasteiger charge is -2.02. The van der Waals surface area contributed by atoms with Gasteiger partial charge >= 0.3 is 0 Å². The van der Waals surface area contributed by atoms with Crippen molar-refractivity contribution >= 4 is 11.0 Å². The first kappa shape index (κ1) is 8.26. The minimum atomic E-state index is 0.969. The van der Waals surface area contributed by atoms with Crippen molar-refractivity contribution in [2.45, 2.75) is 6.54 Å². The molecular weight excluding hydrogens is 162 g/mol. The maximum atomic E-state index is 4.31. The molecule has 3 heteroatoms. The molecule has 0 aliphatic heterocycles. The molecule has 0 saturated carbocycles. The smallest absolute Gasteiger partial charge is 0.0958 e. The van der Waals surface area contributed by atoms with E-state index in [4.69, 9.17) is 0 Å². The fraction of sp³-hybridized carbons (Fsp3) is 0.300. The van der Waals surface area contributed by atoms with Crippen molar-refractivity contribution in [3.05, 3.63) is 30.6 Å². The van der Waals surface area contributed by atoms with Crippen molar-refractivity contribution < 1.29 is 0 Å². The molecule has 0 radical (unpaired) electrons. The summed E-state index contributed by atoms with van der Waals surface area (Å²) in [5.41, 5.74) is 2.27. The van der Waals surface area contributed by atoms with Crippen LogP contribution in [-0.4, -0.2) is 23.1 Å². The number of likely N-dealkylation sites (N-methyl/N-ethyl adjacent to an activating group) is 1. The van der Waals surface area contributed by atoms with Crippen LogP contribution in [0.1, 0.15) is 0 Å². The average molecular weight is 175 g/mol. The Bertz CT molecular complexity index is 392. The van der Waals surface area contributed by atoms with E-state index in [1.54, 1.807) is 0 Å². The highest BCUT2D eigenvalue weighted by Crippen LogP contribution is 2.10. The van der Waals surface area contributed by atoms with Crippen molar-refractivity contribution in [1.82, 2.24) is 14.9 Å². The summed E-state index contributed by atoms with van der Waals surface area (Å²) in [7, 11) is 1.96. The lowest BCUT2D eigenvalue weighted by atomic mass is 10.3. The third kappa shape index (κ3) is 1.55. The Kier molecular flexibility index (Phi) is 2.27. The van der Waals surface area contributed by atoms with Crippen LogP contribution in [0, 0.1) is 0 Å². The van der Waals surface area contributed by atoms with Crippen LogP contribution in [-0.2, 0) is 6.54 Å². The molecule has 3 nitrogen and oxygen atoms in total. The molecule has 0 unspecified atom stereocenters. The average Bonchev–Trinajstić information content (AvgIpc) is 2.58. The zero-order chi connectivity index (χ0) is 9.10. The van der Waals surface area contributed by atoms with Crippen LogP contribution in [0.25, 0.3) is 11.0 Å². The van der Waals surface area contributed by atoms with Gasteiger partial charge in [0, 0.05) is 13.1 Å². The van der Waals surface area contributed by atoms with Crippen molar-refractivity contribution in [3.8, 4) is 0 Å². The van der Waals surface area contributed by atoms with Crippen LogP contribution in [0.2, 0.25) is 0 Å². The predicted octanol–water partition coefficient (Wildman–Crippen LogP) is 1.26. The molecule has 0 bridgehead atoms. The van der Waals surface area contributed by atoms with Gasteiger partial charge in [0.25, 0.3) is 0 Å². The molecule has 2 aromatic rings. The van der Waals surface area contributed by atoms with Gasteiger partial charge in [-0.15, -0.1) is 0 Å². The molecule has 0 saturated heterocycles. The maximum absolute atomic E-state index is 4.31. The number of rotatable bonds is 3. The summed E-state index contributed by atoms with van der Waals surface area (Å²) < 4.78 is 2.16. The van der Waals surface area contributed by atoms with E-state index in [0.717, 1.165) is 18.6 Å². The molecule has 0 aliphatic rings. The molecular formula is C10H13N3. The summed E-state index contributed by atoms with van der Waals surface area (Å²) >= 11 is 0. The van der Waals surface area contributed by atoms with Gasteiger partial charge in [0.15, 0.2) is 0 Å². The SMILES string of the molecule is CNCCn1cnc2ccccc21. The van der Waals surface area contributed by atoms with Crippen LogP contribution < -0.4 is 5.32 Å². The van der Waals surface area contributed by atoms with Crippen molar-refractivity contribution in [2.75, 3.05) is 13.6 Å². The normalized spacial score (nSPS) is 10.8. The summed E-state index contributed by atoms with van der Waals surface area (Å²) in [6.45, 7) is 1.94. The van der Waals surface area contributed by atoms with Crippen LogP contribution >= 0.6 is 0 Å². The molecule has 1 aromatic carbocycles. The molecule has 0 spiro atoms. The number of hydrogen-bond donors (Lipinski definition) is 1. The van der Waals surface area contributed by atoms with E-state index in [0.29, 0.717) is 0 Å². The standard InChI is InChI=1S/C10H13N3/c1-11-6-7-13-8-12-9-4-2-3-5-10(9)13/h2-5,8,11H,6-7H2,1H3. The van der Waals surface area contributed by atoms with Crippen molar-refractivity contribution in [2.24, 2.45) is 0 Å². The zero-order valence-corrected chi connectivity index (χ0v) is 7.70. The van der Waals surface area contributed by atoms with Gasteiger partial charge in [0.2, 0.25) is 0 Å². The minimum Gasteiger partial charge on any atom is -0.329 e. The zero-order valence-electron chi connectivity index (χ0n) is 7.70. The third-order valence-corrected chi connectivity index (χ3v) is 2.13. The molecule has 1 N–H and O–H groups in total. The topological polar surface area (TPSA) is 29.9 Å². The third-order valence-electron chi connectivity index (χ3n) is 2.13. The van der Waals surface area contributed by atoms with E-state index < -0.39 is 0 Å². The lowest BCUT2D eigenvalue weighted by Crippen LogP contribution is -2.14. The van der Waals surface area contributed by atoms with Gasteiger partial charge in [-0.05, 0) is 19.2 Å². The van der Waals surface area contributed by atoms with Crippen LogP contribution in [0.5, 0.6) is 0 Å². The predicted molar refractivity (Wildman–Crippen MR) is 53.7 cm³/mol. The van der Waals surface area contributed by atoms with Gasteiger partial charge in [-0.25, -0.2) is 4.98 Å². The number of benzene rings is 1. The van der Waals surface area contributed by atoms with Gasteiger partial charge < -0.3 is 9.88 Å². The highest BCUT2D eigenvalue weighted by atomic mass is 15.1. The summed E-state index contributed by atoms with van der Waals surface area (Å²) in [6.07, 6.45) is 1.89. The summed E-state index contributed by atoms with van der Waals surface area (Å²) in [6, 6.07) is 8.18. The van der Waals surface area contributed by atoms with Gasteiger partial charge in [0.05, 0.1) is 17.4 Å². The van der Waals surface area contributed by atoms with Gasteiger partial charge in [-0.1, -0.05) is 12.1 Å². The van der Waals surface area contributed by atoms with Crippen molar-refractivity contribution in [3.63, 3.8) is 0 Å². The second-order valence-corrected chi connectivity index (χ2v) is 3.03. The Morgan fingerprint density at radius 2 is 2.23 bits per heavy atom. The molecule has 0 fully saturated rings. The Labute approximate surface area is 77.4 Å². The fourth-order valence-corrected chi connectivity index (χ4v) is 1.42. The molecule has 1 heterocycles. The second kappa shape index (κ2) is 3.58. The molecule has 2 rings (SSSR count). The number of fused-ring (bicyclic) bond motifs is 1. The largest absolute Gasteiger partial charge is 0.329 e. The van der Waals surface area contributed by atoms with Gasteiger partial charge in [-0.3, -0.25) is 0 Å². The van der Waals surface area contributed by atoms with E-state index in [9.17, 15) is 0 Å². The number of aromatic nitrogens is 2. The molecule has 13 heavy (non-hydrogen) atoms. The number of nitrogens with one attached hydrogen (secondary N) is 1. The fourth-order valence-electron chi connectivity index (χ4n) is 1.42. The molecule has 1 aromatic heterocycles. The summed E-state index contributed by atoms with van der Waals surface area (Å²) in [5, 5.41) is 3.12. The summed E-state index contributed by atoms with van der Waals surface area (Å²) in [5.74, 6) is 0. The van der Waals surface area contributed by atoms with E-state index in [1.807, 2.05) is 31.6 Å². The lowest BCUT2D eigenvalue weighted by molar-refractivity contribution is 0.658. The molecule has 0 amide bonds. The maximum Gasteiger partial charge on any atom is 0.0958 e. The molecule has 0 aliphatic carbocycles. The highest BCUT2D eigenvalue weighted by molar-refractivity contribution is 5.74. The second-order valence-electron chi connectivity index (χ2n) is 3.03. The van der Waals surface area contributed by atoms with Crippen molar-refractivity contribution in [1.29, 1.82) is 0 Å². The molecule has 0 atom stereocenters. The monoisotopic (exact) mass is 175 g/mol. The Morgan fingerprint density at radius 3 is 3.08 bits per heavy atom.